The Hall–Kier alpha value is -0.370. The molecule has 0 aliphatic heterocycles. The Bertz CT molecular complexity index is 166. The zero-order valence-corrected chi connectivity index (χ0v) is 9.00. The molecule has 2 nitrogen and oxygen atoms in total. The second-order valence-electron chi connectivity index (χ2n) is 4.34. The molecule has 2 heteroatoms. The van der Waals surface area contributed by atoms with E-state index >= 15 is 0 Å². The molecule has 1 atom stereocenters. The number of Topliss-reactive ketones (excluding diaryl/α,β-unsaturated/α-hetero) is 1. The summed E-state index contributed by atoms with van der Waals surface area (Å²) in [6.45, 7) is 0.321. The minimum Gasteiger partial charge on any atom is -0.396 e. The first-order valence-corrected chi connectivity index (χ1v) is 5.98. The van der Waals surface area contributed by atoms with E-state index in [1.807, 2.05) is 0 Å². The molecule has 1 aliphatic rings. The number of aliphatic hydroxyl groups is 1. The summed E-state index contributed by atoms with van der Waals surface area (Å²) in [5.74, 6) is 0.896. The van der Waals surface area contributed by atoms with Crippen LogP contribution in [0, 0.1) is 5.92 Å². The van der Waals surface area contributed by atoms with Crippen molar-refractivity contribution < 1.29 is 9.90 Å². The quantitative estimate of drug-likeness (QED) is 0.639. The molecule has 0 aromatic rings. The van der Waals surface area contributed by atoms with E-state index in [0.29, 0.717) is 18.3 Å². The Balaban J connectivity index is 1.90. The van der Waals surface area contributed by atoms with Gasteiger partial charge in [0.15, 0.2) is 0 Å². The van der Waals surface area contributed by atoms with Gasteiger partial charge in [-0.05, 0) is 25.7 Å². The van der Waals surface area contributed by atoms with Crippen LogP contribution in [0.4, 0.5) is 0 Å². The molecular formula is C12H22O2. The number of ketones is 1. The predicted molar refractivity (Wildman–Crippen MR) is 57.1 cm³/mol. The number of aliphatic hydroxyl groups excluding tert-OH is 1. The fourth-order valence-electron chi connectivity index (χ4n) is 2.23. The van der Waals surface area contributed by atoms with Gasteiger partial charge in [-0.1, -0.05) is 25.7 Å². The van der Waals surface area contributed by atoms with Gasteiger partial charge in [-0.3, -0.25) is 4.79 Å². The van der Waals surface area contributed by atoms with Crippen LogP contribution in [0.1, 0.15) is 57.8 Å². The normalized spacial score (nSPS) is 21.8. The highest BCUT2D eigenvalue weighted by atomic mass is 16.2. The van der Waals surface area contributed by atoms with Crippen molar-refractivity contribution in [1.29, 1.82) is 0 Å². The summed E-state index contributed by atoms with van der Waals surface area (Å²) in [5, 5.41) is 8.59. The van der Waals surface area contributed by atoms with E-state index in [1.54, 1.807) is 0 Å². The van der Waals surface area contributed by atoms with E-state index in [0.717, 1.165) is 38.5 Å². The fraction of sp³-hybridized carbons (Fsp3) is 0.917. The third-order valence-electron chi connectivity index (χ3n) is 3.14. The van der Waals surface area contributed by atoms with Gasteiger partial charge in [0.1, 0.15) is 5.78 Å². The van der Waals surface area contributed by atoms with E-state index < -0.39 is 0 Å². The number of hydrogen-bond donors (Lipinski definition) is 1. The Morgan fingerprint density at radius 1 is 1.14 bits per heavy atom. The Morgan fingerprint density at radius 2 is 1.86 bits per heavy atom. The van der Waals surface area contributed by atoms with Crippen molar-refractivity contribution in [1.82, 2.24) is 0 Å². The van der Waals surface area contributed by atoms with E-state index in [-0.39, 0.29) is 0 Å². The van der Waals surface area contributed by atoms with Crippen molar-refractivity contribution in [3.8, 4) is 0 Å². The van der Waals surface area contributed by atoms with Crippen LogP contribution in [0.15, 0.2) is 0 Å². The third kappa shape index (κ3) is 4.23. The first-order valence-electron chi connectivity index (χ1n) is 5.98. The van der Waals surface area contributed by atoms with E-state index in [4.69, 9.17) is 5.11 Å². The number of unbranched alkanes of at least 4 members (excludes halogenated alkanes) is 4. The molecule has 1 rings (SSSR count). The van der Waals surface area contributed by atoms with Gasteiger partial charge in [-0.25, -0.2) is 0 Å². The Kier molecular flexibility index (Phi) is 5.85. The minimum absolute atomic E-state index is 0.321. The topological polar surface area (TPSA) is 37.3 Å². The van der Waals surface area contributed by atoms with Crippen molar-refractivity contribution in [2.45, 2.75) is 57.8 Å². The summed E-state index contributed by atoms with van der Waals surface area (Å²) < 4.78 is 0. The summed E-state index contributed by atoms with van der Waals surface area (Å²) >= 11 is 0. The molecule has 0 bridgehead atoms. The number of carbonyl (C=O) groups excluding carboxylic acids is 1. The van der Waals surface area contributed by atoms with Crippen LogP contribution < -0.4 is 0 Å². The molecule has 0 aromatic carbocycles. The third-order valence-corrected chi connectivity index (χ3v) is 3.14. The molecule has 1 fully saturated rings. The lowest BCUT2D eigenvalue weighted by atomic mass is 9.98. The van der Waals surface area contributed by atoms with Crippen molar-refractivity contribution >= 4 is 5.78 Å². The monoisotopic (exact) mass is 198 g/mol. The molecule has 0 saturated heterocycles. The molecular weight excluding hydrogens is 176 g/mol. The van der Waals surface area contributed by atoms with Gasteiger partial charge in [-0.15, -0.1) is 0 Å². The lowest BCUT2D eigenvalue weighted by molar-refractivity contribution is -0.120. The molecule has 14 heavy (non-hydrogen) atoms. The van der Waals surface area contributed by atoms with Gasteiger partial charge in [-0.2, -0.15) is 0 Å². The van der Waals surface area contributed by atoms with Crippen molar-refractivity contribution in [3.05, 3.63) is 0 Å². The van der Waals surface area contributed by atoms with Gasteiger partial charge in [0.05, 0.1) is 0 Å². The first-order chi connectivity index (χ1) is 6.84. The average molecular weight is 198 g/mol. The molecule has 1 aliphatic carbocycles. The highest BCUT2D eigenvalue weighted by Gasteiger charge is 2.23. The highest BCUT2D eigenvalue weighted by molar-refractivity contribution is 5.82. The molecule has 0 heterocycles. The summed E-state index contributed by atoms with van der Waals surface area (Å²) in [7, 11) is 0. The smallest absolute Gasteiger partial charge is 0.135 e. The van der Waals surface area contributed by atoms with Gasteiger partial charge in [0.25, 0.3) is 0 Å². The van der Waals surface area contributed by atoms with Crippen LogP contribution in [-0.4, -0.2) is 17.5 Å². The second kappa shape index (κ2) is 6.99. The molecule has 0 spiro atoms. The van der Waals surface area contributed by atoms with Crippen molar-refractivity contribution in [3.63, 3.8) is 0 Å². The maximum absolute atomic E-state index is 11.3. The molecule has 1 saturated carbocycles. The van der Waals surface area contributed by atoms with Crippen LogP contribution in [0.25, 0.3) is 0 Å². The zero-order chi connectivity index (χ0) is 10.2. The molecule has 0 aromatic heterocycles. The average Bonchev–Trinajstić information content (AvgIpc) is 2.58. The predicted octanol–water partition coefficient (Wildman–Crippen LogP) is 2.69. The van der Waals surface area contributed by atoms with Gasteiger partial charge in [0.2, 0.25) is 0 Å². The van der Waals surface area contributed by atoms with Crippen LogP contribution in [0.2, 0.25) is 0 Å². The van der Waals surface area contributed by atoms with Gasteiger partial charge >= 0.3 is 0 Å². The molecule has 0 radical (unpaired) electrons. The number of carbonyl (C=O) groups is 1. The van der Waals surface area contributed by atoms with E-state index in [1.165, 1.54) is 19.3 Å². The van der Waals surface area contributed by atoms with E-state index in [2.05, 4.69) is 0 Å². The number of hydrogen-bond acceptors (Lipinski definition) is 2. The summed E-state index contributed by atoms with van der Waals surface area (Å²) in [6.07, 6.45) is 9.89. The summed E-state index contributed by atoms with van der Waals surface area (Å²) in [4.78, 5) is 11.3. The van der Waals surface area contributed by atoms with Crippen LogP contribution in [-0.2, 0) is 4.79 Å². The lowest BCUT2D eigenvalue weighted by Gasteiger charge is -2.06. The lowest BCUT2D eigenvalue weighted by Crippen LogP contribution is -2.05. The van der Waals surface area contributed by atoms with Gasteiger partial charge in [0, 0.05) is 18.9 Å². The zero-order valence-electron chi connectivity index (χ0n) is 9.00. The van der Waals surface area contributed by atoms with Crippen LogP contribution in [0.5, 0.6) is 0 Å². The van der Waals surface area contributed by atoms with Gasteiger partial charge < -0.3 is 5.11 Å². The van der Waals surface area contributed by atoms with Crippen LogP contribution >= 0.6 is 0 Å². The molecule has 1 N–H and O–H groups in total. The van der Waals surface area contributed by atoms with Crippen molar-refractivity contribution in [2.75, 3.05) is 6.61 Å². The molecule has 0 amide bonds. The Labute approximate surface area is 86.7 Å². The minimum atomic E-state index is 0.321. The molecule has 1 unspecified atom stereocenters. The Morgan fingerprint density at radius 3 is 2.50 bits per heavy atom. The second-order valence-corrected chi connectivity index (χ2v) is 4.34. The largest absolute Gasteiger partial charge is 0.396 e. The number of rotatable bonds is 7. The standard InChI is InChI=1S/C12H22O2/c13-10-5-3-1-2-4-7-11-8-6-9-12(11)14/h11,13H,1-10H2. The molecule has 82 valence electrons. The highest BCUT2D eigenvalue weighted by Crippen LogP contribution is 2.26. The summed E-state index contributed by atoms with van der Waals surface area (Å²) in [6, 6.07) is 0. The fourth-order valence-corrected chi connectivity index (χ4v) is 2.23. The maximum atomic E-state index is 11.3. The summed E-state index contributed by atoms with van der Waals surface area (Å²) in [5.41, 5.74) is 0. The van der Waals surface area contributed by atoms with E-state index in [9.17, 15) is 4.79 Å². The van der Waals surface area contributed by atoms with Crippen LogP contribution in [0.3, 0.4) is 0 Å². The SMILES string of the molecule is O=C1CCCC1CCCCCCCO. The maximum Gasteiger partial charge on any atom is 0.135 e. The van der Waals surface area contributed by atoms with Crippen molar-refractivity contribution in [2.24, 2.45) is 5.92 Å². The first kappa shape index (κ1) is 11.7.